The lowest BCUT2D eigenvalue weighted by atomic mass is 10.0. The molecule has 0 aliphatic carbocycles. The highest BCUT2D eigenvalue weighted by atomic mass is 16.3. The van der Waals surface area contributed by atoms with E-state index in [-0.39, 0.29) is 0 Å². The van der Waals surface area contributed by atoms with Crippen LogP contribution in [0.1, 0.15) is 5.56 Å². The Balaban J connectivity index is 2.27. The molecule has 1 heteroatoms. The summed E-state index contributed by atoms with van der Waals surface area (Å²) in [6.07, 6.45) is 0. The molecule has 68 valence electrons. The van der Waals surface area contributed by atoms with Crippen LogP contribution in [0.3, 0.4) is 0 Å². The van der Waals surface area contributed by atoms with E-state index < -0.39 is 0 Å². The summed E-state index contributed by atoms with van der Waals surface area (Å²) in [5, 5.41) is 0. The normalized spacial score (nSPS) is 11.2. The van der Waals surface area contributed by atoms with Gasteiger partial charge in [-0.3, -0.25) is 0 Å². The van der Waals surface area contributed by atoms with Gasteiger partial charge < -0.3 is 4.42 Å². The summed E-state index contributed by atoms with van der Waals surface area (Å²) in [5.41, 5.74) is 5.65. The van der Waals surface area contributed by atoms with Gasteiger partial charge in [0.25, 0.3) is 0 Å². The van der Waals surface area contributed by atoms with Crippen LogP contribution in [0.4, 0.5) is 0 Å². The van der Waals surface area contributed by atoms with Crippen molar-refractivity contribution < 1.29 is 4.42 Å². The van der Waals surface area contributed by atoms with Gasteiger partial charge in [0.2, 0.25) is 0 Å². The van der Waals surface area contributed by atoms with Gasteiger partial charge in [0.05, 0.1) is 0 Å². The van der Waals surface area contributed by atoms with Gasteiger partial charge in [-0.1, -0.05) is 30.3 Å². The first-order valence-corrected chi connectivity index (χ1v) is 4.72. The van der Waals surface area contributed by atoms with E-state index >= 15 is 0 Å². The van der Waals surface area contributed by atoms with E-state index in [0.29, 0.717) is 0 Å². The van der Waals surface area contributed by atoms with Crippen molar-refractivity contribution in [3.8, 4) is 11.1 Å². The van der Waals surface area contributed by atoms with Crippen molar-refractivity contribution in [1.29, 1.82) is 0 Å². The minimum Gasteiger partial charge on any atom is -0.456 e. The van der Waals surface area contributed by atoms with Crippen molar-refractivity contribution in [2.45, 2.75) is 6.92 Å². The van der Waals surface area contributed by atoms with Crippen LogP contribution in [-0.2, 0) is 0 Å². The largest absolute Gasteiger partial charge is 0.456 e. The minimum absolute atomic E-state index is 0.969. The van der Waals surface area contributed by atoms with E-state index in [2.05, 4.69) is 31.2 Å². The molecule has 0 spiro atoms. The maximum absolute atomic E-state index is 5.60. The van der Waals surface area contributed by atoms with Crippen LogP contribution in [-0.4, -0.2) is 0 Å². The summed E-state index contributed by atoms with van der Waals surface area (Å²) in [6, 6.07) is 14.5. The van der Waals surface area contributed by atoms with E-state index in [1.807, 2.05) is 18.2 Å². The lowest BCUT2D eigenvalue weighted by molar-refractivity contribution is 0.674. The number of fused-ring (bicyclic) bond motifs is 2. The zero-order valence-corrected chi connectivity index (χ0v) is 7.95. The Morgan fingerprint density at radius 2 is 1.79 bits per heavy atom. The Kier molecular flexibility index (Phi) is 1.42. The number of rotatable bonds is 1. The van der Waals surface area contributed by atoms with Crippen molar-refractivity contribution in [3.63, 3.8) is 0 Å². The van der Waals surface area contributed by atoms with E-state index in [4.69, 9.17) is 4.42 Å². The molecule has 0 atom stereocenters. The molecule has 0 unspecified atom stereocenters. The first-order valence-electron chi connectivity index (χ1n) is 4.72. The number of furan rings is 2. The lowest BCUT2D eigenvalue weighted by Gasteiger charge is -1.98. The average molecular weight is 182 g/mol. The molecule has 0 saturated carbocycles. The molecule has 0 aliphatic heterocycles. The molecular formula is C13H10O. The number of hydrogen-bond donors (Lipinski definition) is 0. The highest BCUT2D eigenvalue weighted by Crippen LogP contribution is 2.34. The molecule has 1 aromatic carbocycles. The van der Waals surface area contributed by atoms with Gasteiger partial charge in [0.1, 0.15) is 11.2 Å². The SMILES string of the molecule is Cc1cc2cc(-c3ccccc3)c1o2. The van der Waals surface area contributed by atoms with E-state index in [9.17, 15) is 0 Å². The maximum Gasteiger partial charge on any atom is 0.138 e. The van der Waals surface area contributed by atoms with Crippen LogP contribution in [0.15, 0.2) is 46.9 Å². The Bertz CT molecular complexity index is 548. The van der Waals surface area contributed by atoms with Crippen LogP contribution in [0.5, 0.6) is 0 Å². The van der Waals surface area contributed by atoms with E-state index in [1.165, 1.54) is 16.7 Å². The molecule has 0 saturated heterocycles. The predicted octanol–water partition coefficient (Wildman–Crippen LogP) is 3.85. The first kappa shape index (κ1) is 7.63. The standard InChI is InChI=1S/C13H10O/c1-9-7-11-8-12(13(9)14-11)10-5-3-2-4-6-10/h2-8H,1H3. The second-order valence-electron chi connectivity index (χ2n) is 3.58. The van der Waals surface area contributed by atoms with E-state index in [1.54, 1.807) is 0 Å². The second kappa shape index (κ2) is 2.61. The molecular weight excluding hydrogens is 172 g/mol. The first-order chi connectivity index (χ1) is 6.84. The zero-order chi connectivity index (χ0) is 9.54. The van der Waals surface area contributed by atoms with Gasteiger partial charge in [-0.25, -0.2) is 0 Å². The molecule has 3 aromatic rings. The van der Waals surface area contributed by atoms with Gasteiger partial charge in [-0.15, -0.1) is 0 Å². The molecule has 0 N–H and O–H groups in total. The third kappa shape index (κ3) is 0.956. The Labute approximate surface area is 82.3 Å². The molecule has 1 nitrogen and oxygen atoms in total. The van der Waals surface area contributed by atoms with Crippen molar-refractivity contribution >= 4 is 11.2 Å². The van der Waals surface area contributed by atoms with Crippen molar-refractivity contribution in [2.24, 2.45) is 0 Å². The Morgan fingerprint density at radius 3 is 2.43 bits per heavy atom. The molecule has 0 aliphatic rings. The van der Waals surface area contributed by atoms with Gasteiger partial charge in [-0.05, 0) is 30.2 Å². The third-order valence-electron chi connectivity index (χ3n) is 2.55. The molecule has 14 heavy (non-hydrogen) atoms. The van der Waals surface area contributed by atoms with E-state index in [0.717, 1.165) is 11.2 Å². The molecule has 0 amide bonds. The van der Waals surface area contributed by atoms with Gasteiger partial charge in [0, 0.05) is 5.56 Å². The zero-order valence-electron chi connectivity index (χ0n) is 7.95. The summed E-state index contributed by atoms with van der Waals surface area (Å²) >= 11 is 0. The van der Waals surface area contributed by atoms with Gasteiger partial charge in [0.15, 0.2) is 0 Å². The molecule has 3 rings (SSSR count). The van der Waals surface area contributed by atoms with Gasteiger partial charge >= 0.3 is 0 Å². The monoisotopic (exact) mass is 182 g/mol. The van der Waals surface area contributed by atoms with Crippen molar-refractivity contribution in [3.05, 3.63) is 48.0 Å². The predicted molar refractivity (Wildman–Crippen MR) is 57.6 cm³/mol. The molecule has 2 aromatic heterocycles. The fourth-order valence-electron chi connectivity index (χ4n) is 1.89. The summed E-state index contributed by atoms with van der Waals surface area (Å²) in [4.78, 5) is 0. The topological polar surface area (TPSA) is 13.1 Å². The lowest BCUT2D eigenvalue weighted by Crippen LogP contribution is -1.76. The van der Waals surface area contributed by atoms with Gasteiger partial charge in [-0.2, -0.15) is 0 Å². The highest BCUT2D eigenvalue weighted by molar-refractivity contribution is 5.87. The molecule has 0 radical (unpaired) electrons. The molecule has 0 fully saturated rings. The van der Waals surface area contributed by atoms with Crippen LogP contribution < -0.4 is 0 Å². The van der Waals surface area contributed by atoms with Crippen molar-refractivity contribution in [2.75, 3.05) is 0 Å². The number of benzene rings is 2. The second-order valence-corrected chi connectivity index (χ2v) is 3.58. The molecule has 2 bridgehead atoms. The smallest absolute Gasteiger partial charge is 0.138 e. The minimum atomic E-state index is 0.969. The summed E-state index contributed by atoms with van der Waals surface area (Å²) < 4.78 is 5.60. The molecule has 2 heterocycles. The average Bonchev–Trinajstić information content (AvgIpc) is 2.77. The summed E-state index contributed by atoms with van der Waals surface area (Å²) in [6.45, 7) is 2.08. The van der Waals surface area contributed by atoms with Crippen molar-refractivity contribution in [1.82, 2.24) is 0 Å². The highest BCUT2D eigenvalue weighted by Gasteiger charge is 2.11. The van der Waals surface area contributed by atoms with Crippen LogP contribution in [0, 0.1) is 6.92 Å². The quantitative estimate of drug-likeness (QED) is 0.557. The van der Waals surface area contributed by atoms with Crippen LogP contribution >= 0.6 is 0 Å². The fourth-order valence-corrected chi connectivity index (χ4v) is 1.89. The maximum atomic E-state index is 5.60. The summed E-state index contributed by atoms with van der Waals surface area (Å²) in [7, 11) is 0. The van der Waals surface area contributed by atoms with Crippen LogP contribution in [0.25, 0.3) is 22.3 Å². The number of hydrogen-bond acceptors (Lipinski definition) is 1. The third-order valence-corrected chi connectivity index (χ3v) is 2.55. The Morgan fingerprint density at radius 1 is 1.00 bits per heavy atom. The fraction of sp³-hybridized carbons (Fsp3) is 0.0769. The Hall–Kier alpha value is -1.76. The summed E-state index contributed by atoms with van der Waals surface area (Å²) in [5.74, 6) is 0. The van der Waals surface area contributed by atoms with Crippen LogP contribution in [0.2, 0.25) is 0 Å². The number of aryl methyl sites for hydroxylation is 1.